The Morgan fingerprint density at radius 2 is 2.13 bits per heavy atom. The van der Waals surface area contributed by atoms with Crippen LogP contribution in [0.4, 0.5) is 8.78 Å². The molecule has 0 saturated heterocycles. The lowest BCUT2D eigenvalue weighted by Gasteiger charge is -2.10. The van der Waals surface area contributed by atoms with Crippen molar-refractivity contribution in [1.82, 2.24) is 0 Å². The molecule has 0 saturated carbocycles. The van der Waals surface area contributed by atoms with Crippen LogP contribution < -0.4 is 5.73 Å². The summed E-state index contributed by atoms with van der Waals surface area (Å²) in [7, 11) is 1.57. The monoisotopic (exact) mass is 215 g/mol. The van der Waals surface area contributed by atoms with Gasteiger partial charge in [0.15, 0.2) is 0 Å². The van der Waals surface area contributed by atoms with Gasteiger partial charge >= 0.3 is 0 Å². The van der Waals surface area contributed by atoms with Crippen LogP contribution in [-0.4, -0.2) is 19.8 Å². The van der Waals surface area contributed by atoms with Gasteiger partial charge in [-0.2, -0.15) is 0 Å². The summed E-state index contributed by atoms with van der Waals surface area (Å²) in [6.07, 6.45) is 1.12. The number of hydrogen-bond acceptors (Lipinski definition) is 2. The first kappa shape index (κ1) is 12.1. The van der Waals surface area contributed by atoms with Crippen LogP contribution in [0.5, 0.6) is 0 Å². The van der Waals surface area contributed by atoms with Gasteiger partial charge in [-0.3, -0.25) is 0 Å². The largest absolute Gasteiger partial charge is 0.383 e. The normalized spacial score (nSPS) is 12.8. The number of rotatable bonds is 5. The fourth-order valence-electron chi connectivity index (χ4n) is 1.36. The number of benzene rings is 1. The van der Waals surface area contributed by atoms with Crippen molar-refractivity contribution < 1.29 is 13.5 Å². The molecule has 1 unspecified atom stereocenters. The Hall–Kier alpha value is -1.00. The average Bonchev–Trinajstić information content (AvgIpc) is 2.17. The summed E-state index contributed by atoms with van der Waals surface area (Å²) in [5.41, 5.74) is 6.18. The number of nitrogens with two attached hydrogens (primary N) is 1. The zero-order chi connectivity index (χ0) is 11.3. The molecular weight excluding hydrogens is 200 g/mol. The number of aryl methyl sites for hydroxylation is 1. The summed E-state index contributed by atoms with van der Waals surface area (Å²) in [5.74, 6) is -1.07. The van der Waals surface area contributed by atoms with E-state index >= 15 is 0 Å². The van der Waals surface area contributed by atoms with Crippen LogP contribution in [0.15, 0.2) is 18.2 Å². The maximum Gasteiger partial charge on any atom is 0.129 e. The Morgan fingerprint density at radius 3 is 2.73 bits per heavy atom. The quantitative estimate of drug-likeness (QED) is 0.813. The lowest BCUT2D eigenvalue weighted by atomic mass is 10.1. The molecule has 0 aliphatic heterocycles. The highest BCUT2D eigenvalue weighted by Crippen LogP contribution is 2.12. The van der Waals surface area contributed by atoms with Crippen molar-refractivity contribution in [3.63, 3.8) is 0 Å². The van der Waals surface area contributed by atoms with Crippen LogP contribution in [0.1, 0.15) is 12.0 Å². The second-order valence-corrected chi connectivity index (χ2v) is 3.49. The SMILES string of the molecule is COCC(N)CCc1ccc(F)cc1F. The van der Waals surface area contributed by atoms with E-state index in [1.807, 2.05) is 0 Å². The molecule has 0 amide bonds. The molecule has 1 aromatic carbocycles. The molecular formula is C11H15F2NO. The molecule has 1 aromatic rings. The Bertz CT molecular complexity index is 317. The predicted molar refractivity (Wildman–Crippen MR) is 54.5 cm³/mol. The first-order valence-electron chi connectivity index (χ1n) is 4.82. The van der Waals surface area contributed by atoms with Crippen LogP contribution in [0.2, 0.25) is 0 Å². The minimum Gasteiger partial charge on any atom is -0.383 e. The number of ether oxygens (including phenoxy) is 1. The maximum absolute atomic E-state index is 13.2. The van der Waals surface area contributed by atoms with Crippen LogP contribution in [-0.2, 0) is 11.2 Å². The summed E-state index contributed by atoms with van der Waals surface area (Å²) < 4.78 is 30.6. The van der Waals surface area contributed by atoms with E-state index < -0.39 is 11.6 Å². The molecule has 15 heavy (non-hydrogen) atoms. The van der Waals surface area contributed by atoms with Crippen LogP contribution in [0.25, 0.3) is 0 Å². The minimum absolute atomic E-state index is 0.112. The van der Waals surface area contributed by atoms with Crippen molar-refractivity contribution in [2.45, 2.75) is 18.9 Å². The van der Waals surface area contributed by atoms with Gasteiger partial charge in [0.25, 0.3) is 0 Å². The average molecular weight is 215 g/mol. The van der Waals surface area contributed by atoms with Gasteiger partial charge in [0.1, 0.15) is 11.6 Å². The Kier molecular flexibility index (Phi) is 4.65. The van der Waals surface area contributed by atoms with E-state index in [0.717, 1.165) is 6.07 Å². The third-order valence-electron chi connectivity index (χ3n) is 2.18. The van der Waals surface area contributed by atoms with Crippen molar-refractivity contribution in [3.8, 4) is 0 Å². The van der Waals surface area contributed by atoms with E-state index in [4.69, 9.17) is 10.5 Å². The van der Waals surface area contributed by atoms with Gasteiger partial charge in [-0.25, -0.2) is 8.78 Å². The number of hydrogen-bond donors (Lipinski definition) is 1. The maximum atomic E-state index is 13.2. The lowest BCUT2D eigenvalue weighted by Crippen LogP contribution is -2.26. The van der Waals surface area contributed by atoms with E-state index in [2.05, 4.69) is 0 Å². The molecule has 0 spiro atoms. The van der Waals surface area contributed by atoms with E-state index in [1.165, 1.54) is 12.1 Å². The van der Waals surface area contributed by atoms with Gasteiger partial charge in [0, 0.05) is 19.2 Å². The summed E-state index contributed by atoms with van der Waals surface area (Å²) in [5, 5.41) is 0. The fourth-order valence-corrected chi connectivity index (χ4v) is 1.36. The highest BCUT2D eigenvalue weighted by molar-refractivity contribution is 5.18. The summed E-state index contributed by atoms with van der Waals surface area (Å²) >= 11 is 0. The fraction of sp³-hybridized carbons (Fsp3) is 0.455. The Balaban J connectivity index is 2.50. The minimum atomic E-state index is -0.558. The van der Waals surface area contributed by atoms with Gasteiger partial charge in [-0.15, -0.1) is 0 Å². The van der Waals surface area contributed by atoms with Gasteiger partial charge in [-0.1, -0.05) is 6.07 Å². The van der Waals surface area contributed by atoms with Crippen LogP contribution in [0.3, 0.4) is 0 Å². The third kappa shape index (κ3) is 3.93. The van der Waals surface area contributed by atoms with E-state index in [9.17, 15) is 8.78 Å². The van der Waals surface area contributed by atoms with E-state index in [-0.39, 0.29) is 6.04 Å². The van der Waals surface area contributed by atoms with Gasteiger partial charge in [0.2, 0.25) is 0 Å². The molecule has 0 aliphatic rings. The van der Waals surface area contributed by atoms with Crippen LogP contribution >= 0.6 is 0 Å². The smallest absolute Gasteiger partial charge is 0.129 e. The molecule has 0 bridgehead atoms. The first-order chi connectivity index (χ1) is 7.13. The zero-order valence-electron chi connectivity index (χ0n) is 8.67. The van der Waals surface area contributed by atoms with Crippen molar-refractivity contribution >= 4 is 0 Å². The van der Waals surface area contributed by atoms with Crippen molar-refractivity contribution in [3.05, 3.63) is 35.4 Å². The molecule has 0 heterocycles. The summed E-state index contributed by atoms with van der Waals surface area (Å²) in [6.45, 7) is 0.447. The zero-order valence-corrected chi connectivity index (χ0v) is 8.67. The molecule has 2 nitrogen and oxygen atoms in total. The molecule has 0 aliphatic carbocycles. The molecule has 4 heteroatoms. The Morgan fingerprint density at radius 1 is 1.40 bits per heavy atom. The highest BCUT2D eigenvalue weighted by atomic mass is 19.1. The predicted octanol–water partition coefficient (Wildman–Crippen LogP) is 1.87. The van der Waals surface area contributed by atoms with Gasteiger partial charge < -0.3 is 10.5 Å². The number of methoxy groups -OCH3 is 1. The topological polar surface area (TPSA) is 35.2 Å². The molecule has 1 rings (SSSR count). The van der Waals surface area contributed by atoms with Crippen molar-refractivity contribution in [2.24, 2.45) is 5.73 Å². The summed E-state index contributed by atoms with van der Waals surface area (Å²) in [6, 6.07) is 3.47. The van der Waals surface area contributed by atoms with Gasteiger partial charge in [0.05, 0.1) is 6.61 Å². The second-order valence-electron chi connectivity index (χ2n) is 3.49. The van der Waals surface area contributed by atoms with E-state index in [0.29, 0.717) is 25.0 Å². The van der Waals surface area contributed by atoms with Crippen molar-refractivity contribution in [1.29, 1.82) is 0 Å². The van der Waals surface area contributed by atoms with Crippen LogP contribution in [0, 0.1) is 11.6 Å². The second kappa shape index (κ2) is 5.78. The third-order valence-corrected chi connectivity index (χ3v) is 2.18. The molecule has 0 radical (unpaired) electrons. The molecule has 0 aromatic heterocycles. The Labute approximate surface area is 88.0 Å². The lowest BCUT2D eigenvalue weighted by molar-refractivity contribution is 0.177. The molecule has 84 valence electrons. The van der Waals surface area contributed by atoms with E-state index in [1.54, 1.807) is 7.11 Å². The van der Waals surface area contributed by atoms with Gasteiger partial charge in [-0.05, 0) is 24.5 Å². The highest BCUT2D eigenvalue weighted by Gasteiger charge is 2.06. The number of halogens is 2. The summed E-state index contributed by atoms with van der Waals surface area (Å²) in [4.78, 5) is 0. The molecule has 0 fully saturated rings. The molecule has 1 atom stereocenters. The standard InChI is InChI=1S/C11H15F2NO/c1-15-7-10(14)5-3-8-2-4-9(12)6-11(8)13/h2,4,6,10H,3,5,7,14H2,1H3. The first-order valence-corrected chi connectivity index (χ1v) is 4.82. The van der Waals surface area contributed by atoms with Crippen molar-refractivity contribution in [2.75, 3.05) is 13.7 Å². The molecule has 2 N–H and O–H groups in total.